The van der Waals surface area contributed by atoms with Gasteiger partial charge in [0.2, 0.25) is 5.91 Å². The third kappa shape index (κ3) is 3.12. The number of fused-ring (bicyclic) bond motifs is 2. The highest BCUT2D eigenvalue weighted by Crippen LogP contribution is 2.38. The number of aryl methyl sites for hydroxylation is 2. The van der Waals surface area contributed by atoms with Gasteiger partial charge in [-0.15, -0.1) is 11.3 Å². The van der Waals surface area contributed by atoms with Crippen LogP contribution in [0.15, 0.2) is 29.3 Å². The molecule has 1 aliphatic rings. The van der Waals surface area contributed by atoms with Crippen LogP contribution in [0.1, 0.15) is 32.8 Å². The van der Waals surface area contributed by atoms with E-state index >= 15 is 0 Å². The van der Waals surface area contributed by atoms with Crippen molar-refractivity contribution in [3.63, 3.8) is 0 Å². The van der Waals surface area contributed by atoms with Gasteiger partial charge in [0.15, 0.2) is 0 Å². The van der Waals surface area contributed by atoms with Gasteiger partial charge in [-0.25, -0.2) is 4.98 Å². The minimum absolute atomic E-state index is 0.184. The number of nitrogens with zero attached hydrogens (tertiary/aromatic N) is 2. The van der Waals surface area contributed by atoms with E-state index in [0.29, 0.717) is 21.5 Å². The summed E-state index contributed by atoms with van der Waals surface area (Å²) >= 11 is 1.39. The molecule has 0 saturated heterocycles. The minimum Gasteiger partial charge on any atom is -0.365 e. The van der Waals surface area contributed by atoms with Crippen LogP contribution in [0.5, 0.6) is 0 Å². The van der Waals surface area contributed by atoms with Gasteiger partial charge in [0.05, 0.1) is 22.8 Å². The second-order valence-corrected chi connectivity index (χ2v) is 7.78. The van der Waals surface area contributed by atoms with Gasteiger partial charge in [-0.3, -0.25) is 19.0 Å². The second kappa shape index (κ2) is 6.62. The molecule has 0 atom stereocenters. The molecule has 0 unspecified atom stereocenters. The van der Waals surface area contributed by atoms with Crippen LogP contribution in [0.2, 0.25) is 0 Å². The van der Waals surface area contributed by atoms with Crippen LogP contribution in [-0.2, 0) is 24.2 Å². The van der Waals surface area contributed by atoms with E-state index in [1.54, 1.807) is 12.1 Å². The summed E-state index contributed by atoms with van der Waals surface area (Å²) in [5, 5.41) is 3.69. The Labute approximate surface area is 158 Å². The highest BCUT2D eigenvalue weighted by Gasteiger charge is 2.26. The van der Waals surface area contributed by atoms with Crippen molar-refractivity contribution in [3.05, 3.63) is 56.4 Å². The van der Waals surface area contributed by atoms with Gasteiger partial charge in [-0.1, -0.05) is 11.6 Å². The second-order valence-electron chi connectivity index (χ2n) is 6.67. The summed E-state index contributed by atoms with van der Waals surface area (Å²) in [6, 6.07) is 5.42. The SMILES string of the molecule is Cc1ccc2ncn(CC(=O)Nc3sc4c(c3C(N)=O)CCC4)c(=O)c2c1. The lowest BCUT2D eigenvalue weighted by molar-refractivity contribution is -0.116. The maximum atomic E-state index is 12.6. The Kier molecular flexibility index (Phi) is 4.27. The smallest absolute Gasteiger partial charge is 0.261 e. The number of carbonyl (C=O) groups is 2. The Morgan fingerprint density at radius 2 is 2.15 bits per heavy atom. The summed E-state index contributed by atoms with van der Waals surface area (Å²) in [4.78, 5) is 42.3. The highest BCUT2D eigenvalue weighted by atomic mass is 32.1. The number of carbonyl (C=O) groups excluding carboxylic acids is 2. The molecule has 1 aromatic carbocycles. The first-order chi connectivity index (χ1) is 12.9. The van der Waals surface area contributed by atoms with E-state index in [9.17, 15) is 14.4 Å². The quantitative estimate of drug-likeness (QED) is 0.719. The number of rotatable bonds is 4. The topological polar surface area (TPSA) is 107 Å². The van der Waals surface area contributed by atoms with E-state index in [-0.39, 0.29) is 12.1 Å². The number of nitrogens with one attached hydrogen (secondary N) is 1. The zero-order valence-corrected chi connectivity index (χ0v) is 15.6. The molecule has 7 nitrogen and oxygen atoms in total. The average Bonchev–Trinajstić information content (AvgIpc) is 3.18. The molecule has 1 aliphatic carbocycles. The summed E-state index contributed by atoms with van der Waals surface area (Å²) in [5.74, 6) is -0.932. The molecule has 2 heterocycles. The highest BCUT2D eigenvalue weighted by molar-refractivity contribution is 7.17. The molecule has 138 valence electrons. The lowest BCUT2D eigenvalue weighted by Crippen LogP contribution is -2.28. The number of anilines is 1. The van der Waals surface area contributed by atoms with Crippen molar-refractivity contribution in [2.45, 2.75) is 32.7 Å². The van der Waals surface area contributed by atoms with Gasteiger partial charge in [-0.2, -0.15) is 0 Å². The maximum absolute atomic E-state index is 12.6. The first-order valence-corrected chi connectivity index (χ1v) is 9.45. The largest absolute Gasteiger partial charge is 0.365 e. The van der Waals surface area contributed by atoms with Crippen molar-refractivity contribution in [1.82, 2.24) is 9.55 Å². The zero-order chi connectivity index (χ0) is 19.1. The fourth-order valence-corrected chi connectivity index (χ4v) is 4.77. The van der Waals surface area contributed by atoms with Crippen LogP contribution in [0.4, 0.5) is 5.00 Å². The molecule has 0 radical (unpaired) electrons. The number of primary amides is 1. The van der Waals surface area contributed by atoms with Crippen molar-refractivity contribution >= 4 is 39.1 Å². The van der Waals surface area contributed by atoms with E-state index in [1.807, 2.05) is 13.0 Å². The fourth-order valence-electron chi connectivity index (χ4n) is 3.46. The summed E-state index contributed by atoms with van der Waals surface area (Å²) < 4.78 is 1.27. The van der Waals surface area contributed by atoms with E-state index in [2.05, 4.69) is 10.3 Å². The van der Waals surface area contributed by atoms with Crippen LogP contribution in [0, 0.1) is 6.92 Å². The monoisotopic (exact) mass is 382 g/mol. The molecule has 8 heteroatoms. The van der Waals surface area contributed by atoms with Gasteiger partial charge >= 0.3 is 0 Å². The Morgan fingerprint density at radius 1 is 1.33 bits per heavy atom. The molecule has 2 amide bonds. The summed E-state index contributed by atoms with van der Waals surface area (Å²) in [6.45, 7) is 1.71. The van der Waals surface area contributed by atoms with E-state index < -0.39 is 11.8 Å². The van der Waals surface area contributed by atoms with Crippen molar-refractivity contribution in [2.75, 3.05) is 5.32 Å². The predicted molar refractivity (Wildman–Crippen MR) is 104 cm³/mol. The van der Waals surface area contributed by atoms with Gasteiger partial charge in [0, 0.05) is 4.88 Å². The molecule has 0 fully saturated rings. The van der Waals surface area contributed by atoms with Gasteiger partial charge in [0.1, 0.15) is 11.5 Å². The van der Waals surface area contributed by atoms with Crippen LogP contribution in [0.25, 0.3) is 10.9 Å². The average molecular weight is 382 g/mol. The number of hydrogen-bond acceptors (Lipinski definition) is 5. The third-order valence-electron chi connectivity index (χ3n) is 4.71. The molecule has 0 saturated carbocycles. The number of nitrogens with two attached hydrogens (primary N) is 1. The molecule has 3 aromatic rings. The van der Waals surface area contributed by atoms with Crippen LogP contribution in [-0.4, -0.2) is 21.4 Å². The van der Waals surface area contributed by atoms with Crippen molar-refractivity contribution < 1.29 is 9.59 Å². The molecule has 0 spiro atoms. The molecule has 27 heavy (non-hydrogen) atoms. The lowest BCUT2D eigenvalue weighted by atomic mass is 10.1. The molecular weight excluding hydrogens is 364 g/mol. The summed E-state index contributed by atoms with van der Waals surface area (Å²) in [5.41, 5.74) is 8.12. The van der Waals surface area contributed by atoms with Crippen molar-refractivity contribution in [2.24, 2.45) is 5.73 Å². The van der Waals surface area contributed by atoms with Crippen LogP contribution in [0.3, 0.4) is 0 Å². The first-order valence-electron chi connectivity index (χ1n) is 8.64. The van der Waals surface area contributed by atoms with E-state index in [1.165, 1.54) is 22.2 Å². The normalized spacial score (nSPS) is 12.9. The molecule has 4 rings (SSSR count). The lowest BCUT2D eigenvalue weighted by Gasteiger charge is -2.08. The number of amides is 2. The Balaban J connectivity index is 1.61. The zero-order valence-electron chi connectivity index (χ0n) is 14.7. The number of benzene rings is 1. The Morgan fingerprint density at radius 3 is 2.93 bits per heavy atom. The predicted octanol–water partition coefficient (Wildman–Crippen LogP) is 1.99. The van der Waals surface area contributed by atoms with Crippen LogP contribution >= 0.6 is 11.3 Å². The number of hydrogen-bond donors (Lipinski definition) is 2. The Hall–Kier alpha value is -3.00. The molecule has 0 bridgehead atoms. The number of aromatic nitrogens is 2. The van der Waals surface area contributed by atoms with Gasteiger partial charge < -0.3 is 11.1 Å². The van der Waals surface area contributed by atoms with Crippen molar-refractivity contribution in [1.29, 1.82) is 0 Å². The summed E-state index contributed by atoms with van der Waals surface area (Å²) in [6.07, 6.45) is 4.05. The van der Waals surface area contributed by atoms with E-state index in [0.717, 1.165) is 35.3 Å². The molecule has 0 aliphatic heterocycles. The third-order valence-corrected chi connectivity index (χ3v) is 5.92. The Bertz CT molecular complexity index is 1150. The molecule has 2 aromatic heterocycles. The summed E-state index contributed by atoms with van der Waals surface area (Å²) in [7, 11) is 0. The number of thiophene rings is 1. The molecule has 3 N–H and O–H groups in total. The minimum atomic E-state index is -0.537. The first kappa shape index (κ1) is 17.4. The van der Waals surface area contributed by atoms with Gasteiger partial charge in [-0.05, 0) is 43.9 Å². The molecular formula is C19H18N4O3S. The van der Waals surface area contributed by atoms with Crippen LogP contribution < -0.4 is 16.6 Å². The van der Waals surface area contributed by atoms with E-state index in [4.69, 9.17) is 5.73 Å². The van der Waals surface area contributed by atoms with Gasteiger partial charge in [0.25, 0.3) is 11.5 Å². The van der Waals surface area contributed by atoms with Crippen molar-refractivity contribution in [3.8, 4) is 0 Å². The maximum Gasteiger partial charge on any atom is 0.261 e. The fraction of sp³-hybridized carbons (Fsp3) is 0.263. The standard InChI is InChI=1S/C19H18N4O3S/c1-10-5-6-13-12(7-10)19(26)23(9-21-13)8-15(24)22-18-16(17(20)25)11-3-2-4-14(11)27-18/h5-7,9H,2-4,8H2,1H3,(H2,20,25)(H,22,24).